The Kier molecular flexibility index (Phi) is 4.54. The molecule has 1 aromatic carbocycles. The Morgan fingerprint density at radius 2 is 1.67 bits per heavy atom. The highest BCUT2D eigenvalue weighted by atomic mass is 16.6. The first kappa shape index (κ1) is 14.5. The molecule has 2 aliphatic rings. The van der Waals surface area contributed by atoms with Gasteiger partial charge < -0.3 is 4.90 Å². The SMILES string of the molecule is O=[N+]([O-])c1ccccc1C1CCN(C2CCCCC2)CC1. The van der Waals surface area contributed by atoms with E-state index in [1.807, 2.05) is 12.1 Å². The maximum atomic E-state index is 11.2. The molecule has 4 nitrogen and oxygen atoms in total. The van der Waals surface area contributed by atoms with Crippen molar-refractivity contribution in [2.45, 2.75) is 56.9 Å². The van der Waals surface area contributed by atoms with Gasteiger partial charge in [-0.05, 0) is 44.7 Å². The molecule has 0 N–H and O–H groups in total. The van der Waals surface area contributed by atoms with Gasteiger partial charge in [-0.3, -0.25) is 10.1 Å². The van der Waals surface area contributed by atoms with E-state index in [0.717, 1.165) is 37.5 Å². The summed E-state index contributed by atoms with van der Waals surface area (Å²) >= 11 is 0. The summed E-state index contributed by atoms with van der Waals surface area (Å²) in [5.41, 5.74) is 1.24. The standard InChI is InChI=1S/C17H24N2O2/c20-19(21)17-9-5-4-8-16(17)14-10-12-18(13-11-14)15-6-2-1-3-7-15/h4-5,8-9,14-15H,1-3,6-7,10-13H2. The van der Waals surface area contributed by atoms with Crippen molar-refractivity contribution in [2.75, 3.05) is 13.1 Å². The predicted octanol–water partition coefficient (Wildman–Crippen LogP) is 4.11. The molecule has 114 valence electrons. The van der Waals surface area contributed by atoms with Gasteiger partial charge >= 0.3 is 0 Å². The second kappa shape index (κ2) is 6.56. The van der Waals surface area contributed by atoms with Crippen LogP contribution in [-0.4, -0.2) is 29.0 Å². The first-order valence-corrected chi connectivity index (χ1v) is 8.23. The molecule has 1 saturated heterocycles. The number of benzene rings is 1. The molecule has 1 aliphatic heterocycles. The van der Waals surface area contributed by atoms with E-state index < -0.39 is 0 Å². The van der Waals surface area contributed by atoms with Crippen LogP contribution in [0.15, 0.2) is 24.3 Å². The normalized spacial score (nSPS) is 22.3. The monoisotopic (exact) mass is 288 g/mol. The van der Waals surface area contributed by atoms with Crippen LogP contribution < -0.4 is 0 Å². The molecule has 21 heavy (non-hydrogen) atoms. The van der Waals surface area contributed by atoms with E-state index >= 15 is 0 Å². The zero-order chi connectivity index (χ0) is 14.7. The first-order chi connectivity index (χ1) is 10.3. The molecule has 0 amide bonds. The van der Waals surface area contributed by atoms with Crippen LogP contribution in [0.5, 0.6) is 0 Å². The number of nitrogens with zero attached hydrogens (tertiary/aromatic N) is 2. The molecule has 0 bridgehead atoms. The Morgan fingerprint density at radius 3 is 2.33 bits per heavy atom. The number of nitro benzene ring substituents is 1. The molecule has 0 radical (unpaired) electrons. The molecule has 3 rings (SSSR count). The van der Waals surface area contributed by atoms with Crippen molar-refractivity contribution < 1.29 is 4.92 Å². The highest BCUT2D eigenvalue weighted by Gasteiger charge is 2.29. The third kappa shape index (κ3) is 3.26. The van der Waals surface area contributed by atoms with Gasteiger partial charge in [-0.2, -0.15) is 0 Å². The van der Waals surface area contributed by atoms with Crippen LogP contribution in [0.2, 0.25) is 0 Å². The van der Waals surface area contributed by atoms with Gasteiger partial charge in [0, 0.05) is 17.7 Å². The van der Waals surface area contributed by atoms with Crippen LogP contribution in [-0.2, 0) is 0 Å². The lowest BCUT2D eigenvalue weighted by Gasteiger charge is -2.39. The molecule has 2 fully saturated rings. The van der Waals surface area contributed by atoms with E-state index in [2.05, 4.69) is 4.90 Å². The van der Waals surface area contributed by atoms with E-state index in [9.17, 15) is 10.1 Å². The lowest BCUT2D eigenvalue weighted by molar-refractivity contribution is -0.385. The van der Waals surface area contributed by atoms with Crippen molar-refractivity contribution in [1.29, 1.82) is 0 Å². The fraction of sp³-hybridized carbons (Fsp3) is 0.647. The minimum Gasteiger partial charge on any atom is -0.300 e. The number of para-hydroxylation sites is 1. The molecule has 1 heterocycles. The second-order valence-corrected chi connectivity index (χ2v) is 6.42. The van der Waals surface area contributed by atoms with Crippen molar-refractivity contribution in [3.63, 3.8) is 0 Å². The number of hydrogen-bond acceptors (Lipinski definition) is 3. The van der Waals surface area contributed by atoms with Crippen molar-refractivity contribution >= 4 is 5.69 Å². The van der Waals surface area contributed by atoms with Crippen LogP contribution in [0, 0.1) is 10.1 Å². The van der Waals surface area contributed by atoms with E-state index in [1.54, 1.807) is 12.1 Å². The maximum absolute atomic E-state index is 11.2. The minimum atomic E-state index is -0.233. The van der Waals surface area contributed by atoms with Gasteiger partial charge in [-0.15, -0.1) is 0 Å². The summed E-state index contributed by atoms with van der Waals surface area (Å²) in [6, 6.07) is 8.04. The maximum Gasteiger partial charge on any atom is 0.272 e. The highest BCUT2D eigenvalue weighted by molar-refractivity contribution is 5.42. The Balaban J connectivity index is 1.64. The zero-order valence-corrected chi connectivity index (χ0v) is 12.5. The number of hydrogen-bond donors (Lipinski definition) is 0. The summed E-state index contributed by atoms with van der Waals surface area (Å²) in [7, 11) is 0. The molecule has 1 aliphatic carbocycles. The molecule has 1 saturated carbocycles. The van der Waals surface area contributed by atoms with Crippen LogP contribution in [0.3, 0.4) is 0 Å². The predicted molar refractivity (Wildman–Crippen MR) is 83.5 cm³/mol. The molecular formula is C17H24N2O2. The third-order valence-corrected chi connectivity index (χ3v) is 5.19. The summed E-state index contributed by atoms with van der Waals surface area (Å²) in [6.45, 7) is 2.20. The summed E-state index contributed by atoms with van der Waals surface area (Å²) in [6.07, 6.45) is 8.93. The van der Waals surface area contributed by atoms with E-state index in [1.165, 1.54) is 32.1 Å². The topological polar surface area (TPSA) is 46.4 Å². The van der Waals surface area contributed by atoms with Crippen molar-refractivity contribution in [2.24, 2.45) is 0 Å². The van der Waals surface area contributed by atoms with Crippen LogP contribution in [0.1, 0.15) is 56.4 Å². The molecule has 0 unspecified atom stereocenters. The fourth-order valence-corrected chi connectivity index (χ4v) is 4.02. The van der Waals surface area contributed by atoms with E-state index in [0.29, 0.717) is 11.6 Å². The first-order valence-electron chi connectivity index (χ1n) is 8.23. The number of rotatable bonds is 3. The van der Waals surface area contributed by atoms with Crippen LogP contribution >= 0.6 is 0 Å². The second-order valence-electron chi connectivity index (χ2n) is 6.42. The van der Waals surface area contributed by atoms with Crippen LogP contribution in [0.4, 0.5) is 5.69 Å². The summed E-state index contributed by atoms with van der Waals surface area (Å²) in [4.78, 5) is 13.6. The molecular weight excluding hydrogens is 264 g/mol. The molecule has 0 spiro atoms. The number of nitro groups is 1. The van der Waals surface area contributed by atoms with Gasteiger partial charge in [0.05, 0.1) is 4.92 Å². The average molecular weight is 288 g/mol. The van der Waals surface area contributed by atoms with Crippen molar-refractivity contribution in [3.05, 3.63) is 39.9 Å². The van der Waals surface area contributed by atoms with Gasteiger partial charge in [0.2, 0.25) is 0 Å². The fourth-order valence-electron chi connectivity index (χ4n) is 4.02. The van der Waals surface area contributed by atoms with Gasteiger partial charge in [0.15, 0.2) is 0 Å². The van der Waals surface area contributed by atoms with Gasteiger partial charge in [-0.25, -0.2) is 0 Å². The summed E-state index contributed by atoms with van der Waals surface area (Å²) in [5, 5.41) is 11.2. The number of piperidine rings is 1. The number of likely N-dealkylation sites (tertiary alicyclic amines) is 1. The quantitative estimate of drug-likeness (QED) is 0.621. The largest absolute Gasteiger partial charge is 0.300 e. The zero-order valence-electron chi connectivity index (χ0n) is 12.5. The van der Waals surface area contributed by atoms with Gasteiger partial charge in [0.1, 0.15) is 0 Å². The Morgan fingerprint density at radius 1 is 1.00 bits per heavy atom. The highest BCUT2D eigenvalue weighted by Crippen LogP contribution is 2.35. The van der Waals surface area contributed by atoms with Crippen LogP contribution in [0.25, 0.3) is 0 Å². The van der Waals surface area contributed by atoms with E-state index in [-0.39, 0.29) is 4.92 Å². The van der Waals surface area contributed by atoms with Crippen molar-refractivity contribution in [3.8, 4) is 0 Å². The van der Waals surface area contributed by atoms with Crippen molar-refractivity contribution in [1.82, 2.24) is 4.90 Å². The Bertz CT molecular complexity index is 489. The summed E-state index contributed by atoms with van der Waals surface area (Å²) in [5.74, 6) is 0.353. The van der Waals surface area contributed by atoms with Gasteiger partial charge in [0.25, 0.3) is 5.69 Å². The van der Waals surface area contributed by atoms with E-state index in [4.69, 9.17) is 0 Å². The Hall–Kier alpha value is -1.42. The molecule has 0 atom stereocenters. The molecule has 0 aromatic heterocycles. The molecule has 1 aromatic rings. The lowest BCUT2D eigenvalue weighted by Crippen LogP contribution is -2.41. The smallest absolute Gasteiger partial charge is 0.272 e. The third-order valence-electron chi connectivity index (χ3n) is 5.19. The van der Waals surface area contributed by atoms with Gasteiger partial charge in [-0.1, -0.05) is 37.5 Å². The Labute approximate surface area is 126 Å². The average Bonchev–Trinajstić information content (AvgIpc) is 2.56. The molecule has 4 heteroatoms. The lowest BCUT2D eigenvalue weighted by atomic mass is 9.86. The summed E-state index contributed by atoms with van der Waals surface area (Å²) < 4.78 is 0. The minimum absolute atomic E-state index is 0.233.